The molecule has 0 aliphatic carbocycles. The van der Waals surface area contributed by atoms with Crippen LogP contribution >= 0.6 is 0 Å². The minimum Gasteiger partial charge on any atom is -0.505 e. The summed E-state index contributed by atoms with van der Waals surface area (Å²) < 4.78 is 12.9. The van der Waals surface area contributed by atoms with Crippen molar-refractivity contribution in [3.8, 4) is 17.6 Å². The summed E-state index contributed by atoms with van der Waals surface area (Å²) in [7, 11) is 0. The predicted molar refractivity (Wildman–Crippen MR) is 57.8 cm³/mol. The van der Waals surface area contributed by atoms with E-state index >= 15 is 0 Å². The van der Waals surface area contributed by atoms with Crippen LogP contribution in [0.5, 0.6) is 5.75 Å². The summed E-state index contributed by atoms with van der Waals surface area (Å²) in [6.45, 7) is 2.98. The fourth-order valence-electron chi connectivity index (χ4n) is 1.20. The first kappa shape index (κ1) is 11.5. The van der Waals surface area contributed by atoms with Crippen LogP contribution in [-0.4, -0.2) is 11.7 Å². The fourth-order valence-corrected chi connectivity index (χ4v) is 1.20. The number of phenols is 1. The number of rotatable bonds is 4. The second kappa shape index (κ2) is 6.05. The van der Waals surface area contributed by atoms with Crippen molar-refractivity contribution in [2.45, 2.75) is 19.9 Å². The van der Waals surface area contributed by atoms with Crippen molar-refractivity contribution in [2.75, 3.05) is 6.54 Å². The third-order valence-electron chi connectivity index (χ3n) is 1.99. The van der Waals surface area contributed by atoms with Crippen LogP contribution < -0.4 is 5.32 Å². The summed E-state index contributed by atoms with van der Waals surface area (Å²) in [4.78, 5) is 0. The van der Waals surface area contributed by atoms with Gasteiger partial charge in [0.25, 0.3) is 0 Å². The number of halogens is 1. The summed E-state index contributed by atoms with van der Waals surface area (Å²) in [5, 5.41) is 12.4. The molecular weight excluding hydrogens is 193 g/mol. The highest BCUT2D eigenvalue weighted by atomic mass is 19.1. The molecule has 0 aromatic heterocycles. The highest BCUT2D eigenvalue weighted by molar-refractivity contribution is 5.33. The molecule has 0 bridgehead atoms. The van der Waals surface area contributed by atoms with Crippen LogP contribution in [0.2, 0.25) is 0 Å². The molecule has 2 nitrogen and oxygen atoms in total. The highest BCUT2D eigenvalue weighted by Gasteiger charge is 2.04. The maximum atomic E-state index is 12.9. The molecule has 0 aliphatic rings. The van der Waals surface area contributed by atoms with Gasteiger partial charge < -0.3 is 10.4 Å². The van der Waals surface area contributed by atoms with E-state index < -0.39 is 5.82 Å². The zero-order valence-corrected chi connectivity index (χ0v) is 8.68. The third-order valence-corrected chi connectivity index (χ3v) is 1.99. The van der Waals surface area contributed by atoms with Gasteiger partial charge >= 0.3 is 0 Å². The number of phenolic OH excluding ortho intramolecular Hbond substituents is 1. The van der Waals surface area contributed by atoms with Crippen molar-refractivity contribution in [2.24, 2.45) is 0 Å². The van der Waals surface area contributed by atoms with Crippen LogP contribution in [0.4, 0.5) is 4.39 Å². The van der Waals surface area contributed by atoms with Gasteiger partial charge in [-0.1, -0.05) is 12.1 Å². The molecule has 1 rings (SSSR count). The number of para-hydroxylation sites is 1. The number of aromatic hydroxyl groups is 1. The van der Waals surface area contributed by atoms with Crippen molar-refractivity contribution < 1.29 is 9.50 Å². The molecule has 0 aliphatic heterocycles. The van der Waals surface area contributed by atoms with Crippen LogP contribution in [0.1, 0.15) is 18.9 Å². The Balaban J connectivity index is 2.43. The van der Waals surface area contributed by atoms with Gasteiger partial charge in [0.15, 0.2) is 11.6 Å². The molecule has 0 radical (unpaired) electrons. The molecule has 0 saturated carbocycles. The van der Waals surface area contributed by atoms with E-state index in [0.717, 1.165) is 13.0 Å². The smallest absolute Gasteiger partial charge is 0.165 e. The van der Waals surface area contributed by atoms with E-state index in [9.17, 15) is 9.50 Å². The third kappa shape index (κ3) is 3.61. The predicted octanol–water partition coefficient (Wildman–Crippen LogP) is 2.03. The molecule has 2 N–H and O–H groups in total. The summed E-state index contributed by atoms with van der Waals surface area (Å²) >= 11 is 0. The molecule has 0 saturated heterocycles. The summed E-state index contributed by atoms with van der Waals surface area (Å²) in [6.07, 6.45) is 0.757. The summed E-state index contributed by atoms with van der Waals surface area (Å²) in [5.74, 6) is 4.85. The lowest BCUT2D eigenvalue weighted by atomic mass is 10.2. The van der Waals surface area contributed by atoms with E-state index in [1.165, 1.54) is 6.07 Å². The van der Waals surface area contributed by atoms with Gasteiger partial charge in [-0.2, -0.15) is 0 Å². The summed E-state index contributed by atoms with van der Waals surface area (Å²) in [6, 6.07) is 4.51. The molecular formula is C12H14FNO. The maximum absolute atomic E-state index is 12.9. The molecule has 3 heteroatoms. The Hall–Kier alpha value is -1.53. The first-order chi connectivity index (χ1) is 7.25. The topological polar surface area (TPSA) is 32.3 Å². The zero-order chi connectivity index (χ0) is 11.1. The molecule has 0 unspecified atom stereocenters. The van der Waals surface area contributed by atoms with E-state index in [2.05, 4.69) is 17.2 Å². The molecule has 0 atom stereocenters. The van der Waals surface area contributed by atoms with Gasteiger partial charge in [0.05, 0.1) is 0 Å². The molecule has 0 amide bonds. The van der Waals surface area contributed by atoms with E-state index in [4.69, 9.17) is 0 Å². The van der Waals surface area contributed by atoms with Crippen molar-refractivity contribution in [1.82, 2.24) is 5.32 Å². The van der Waals surface area contributed by atoms with Gasteiger partial charge in [-0.25, -0.2) is 4.39 Å². The molecule has 1 aromatic carbocycles. The van der Waals surface area contributed by atoms with Crippen LogP contribution in [0.3, 0.4) is 0 Å². The normalized spacial score (nSPS) is 9.47. The molecule has 15 heavy (non-hydrogen) atoms. The van der Waals surface area contributed by atoms with Gasteiger partial charge in [0.1, 0.15) is 0 Å². The van der Waals surface area contributed by atoms with E-state index in [1.807, 2.05) is 0 Å². The quantitative estimate of drug-likeness (QED) is 0.585. The molecule has 80 valence electrons. The lowest BCUT2D eigenvalue weighted by molar-refractivity contribution is 0.423. The molecule has 0 fully saturated rings. The van der Waals surface area contributed by atoms with Crippen LogP contribution in [0.25, 0.3) is 0 Å². The van der Waals surface area contributed by atoms with Gasteiger partial charge in [-0.3, -0.25) is 0 Å². The van der Waals surface area contributed by atoms with Crippen molar-refractivity contribution in [3.05, 3.63) is 29.6 Å². The minimum atomic E-state index is -0.581. The SMILES string of the molecule is CC#CCCNCc1cccc(F)c1O. The van der Waals surface area contributed by atoms with Gasteiger partial charge in [0.2, 0.25) is 0 Å². The van der Waals surface area contributed by atoms with Gasteiger partial charge in [-0.15, -0.1) is 11.8 Å². The second-order valence-electron chi connectivity index (χ2n) is 3.10. The Morgan fingerprint density at radius 3 is 3.00 bits per heavy atom. The monoisotopic (exact) mass is 207 g/mol. The van der Waals surface area contributed by atoms with Crippen molar-refractivity contribution in [1.29, 1.82) is 0 Å². The largest absolute Gasteiger partial charge is 0.505 e. The van der Waals surface area contributed by atoms with Crippen molar-refractivity contribution in [3.63, 3.8) is 0 Å². The Kier molecular flexibility index (Phi) is 4.65. The standard InChI is InChI=1S/C12H14FNO/c1-2-3-4-8-14-9-10-6-5-7-11(13)12(10)15/h5-7,14-15H,4,8-9H2,1H3. The van der Waals surface area contributed by atoms with E-state index in [0.29, 0.717) is 12.1 Å². The zero-order valence-electron chi connectivity index (χ0n) is 8.68. The second-order valence-corrected chi connectivity index (χ2v) is 3.10. The van der Waals surface area contributed by atoms with E-state index in [-0.39, 0.29) is 5.75 Å². The number of nitrogens with one attached hydrogen (secondary N) is 1. The minimum absolute atomic E-state index is 0.272. The van der Waals surface area contributed by atoms with Gasteiger partial charge in [-0.05, 0) is 13.0 Å². The average Bonchev–Trinajstić information content (AvgIpc) is 2.24. The number of hydrogen-bond donors (Lipinski definition) is 2. The highest BCUT2D eigenvalue weighted by Crippen LogP contribution is 2.19. The van der Waals surface area contributed by atoms with Crippen molar-refractivity contribution >= 4 is 0 Å². The molecule has 0 spiro atoms. The van der Waals surface area contributed by atoms with Crippen LogP contribution in [0.15, 0.2) is 18.2 Å². The van der Waals surface area contributed by atoms with Crippen LogP contribution in [-0.2, 0) is 6.54 Å². The number of hydrogen-bond acceptors (Lipinski definition) is 2. The Morgan fingerprint density at radius 1 is 1.47 bits per heavy atom. The van der Waals surface area contributed by atoms with Gasteiger partial charge in [0, 0.05) is 25.1 Å². The molecule has 1 aromatic rings. The lowest BCUT2D eigenvalue weighted by Gasteiger charge is -2.05. The fraction of sp³-hybridized carbons (Fsp3) is 0.333. The number of benzene rings is 1. The lowest BCUT2D eigenvalue weighted by Crippen LogP contribution is -2.14. The Bertz CT molecular complexity index is 379. The first-order valence-electron chi connectivity index (χ1n) is 4.82. The van der Waals surface area contributed by atoms with Crippen LogP contribution in [0, 0.1) is 17.7 Å². The van der Waals surface area contributed by atoms with E-state index in [1.54, 1.807) is 19.1 Å². The Morgan fingerprint density at radius 2 is 2.27 bits per heavy atom. The summed E-state index contributed by atoms with van der Waals surface area (Å²) in [5.41, 5.74) is 0.569. The first-order valence-corrected chi connectivity index (χ1v) is 4.82. The maximum Gasteiger partial charge on any atom is 0.165 e. The Labute approximate surface area is 89.1 Å². The average molecular weight is 207 g/mol. The molecule has 0 heterocycles.